The first kappa shape index (κ1) is 13.6. The molecule has 0 radical (unpaired) electrons. The molecule has 6 nitrogen and oxygen atoms in total. The maximum Gasteiger partial charge on any atom is 0.303 e. The average Bonchev–Trinajstić information content (AvgIpc) is 2.91. The third kappa shape index (κ3) is 3.13. The number of carbonyl (C=O) groups is 2. The highest BCUT2D eigenvalue weighted by molar-refractivity contribution is 5.91. The summed E-state index contributed by atoms with van der Waals surface area (Å²) in [5.41, 5.74) is 0. The Morgan fingerprint density at radius 1 is 1.53 bits per heavy atom. The maximum atomic E-state index is 12.1. The predicted molar refractivity (Wildman–Crippen MR) is 66.5 cm³/mol. The summed E-state index contributed by atoms with van der Waals surface area (Å²) in [7, 11) is 0. The molecule has 0 spiro atoms. The van der Waals surface area contributed by atoms with Crippen LogP contribution in [0.2, 0.25) is 0 Å². The summed E-state index contributed by atoms with van der Waals surface area (Å²) in [6.45, 7) is 3.20. The average molecular weight is 266 g/mol. The van der Waals surface area contributed by atoms with E-state index in [0.29, 0.717) is 13.1 Å². The molecule has 1 fully saturated rings. The van der Waals surface area contributed by atoms with Crippen molar-refractivity contribution < 1.29 is 19.2 Å². The van der Waals surface area contributed by atoms with Crippen molar-refractivity contribution in [2.24, 2.45) is 11.8 Å². The van der Waals surface area contributed by atoms with E-state index in [9.17, 15) is 9.59 Å². The van der Waals surface area contributed by atoms with E-state index < -0.39 is 5.97 Å². The van der Waals surface area contributed by atoms with Crippen molar-refractivity contribution in [1.82, 2.24) is 10.1 Å². The molecule has 0 bridgehead atoms. The fourth-order valence-corrected chi connectivity index (χ4v) is 2.70. The SMILES string of the molecule is CC[C@@H]1CN(C(=O)c2ccno2)CC[C@H]1CC(=O)O. The van der Waals surface area contributed by atoms with Crippen molar-refractivity contribution in [2.45, 2.75) is 26.2 Å². The number of carbonyl (C=O) groups excluding carboxylic acids is 1. The second-order valence-corrected chi connectivity index (χ2v) is 4.94. The molecule has 0 aromatic carbocycles. The van der Waals surface area contributed by atoms with Crippen molar-refractivity contribution >= 4 is 11.9 Å². The summed E-state index contributed by atoms with van der Waals surface area (Å²) >= 11 is 0. The molecule has 1 N–H and O–H groups in total. The number of amides is 1. The van der Waals surface area contributed by atoms with E-state index in [1.807, 2.05) is 6.92 Å². The first-order valence-electron chi connectivity index (χ1n) is 6.53. The lowest BCUT2D eigenvalue weighted by molar-refractivity contribution is -0.139. The quantitative estimate of drug-likeness (QED) is 0.895. The lowest BCUT2D eigenvalue weighted by atomic mass is 9.81. The second kappa shape index (κ2) is 5.86. The molecule has 1 aliphatic heterocycles. The van der Waals surface area contributed by atoms with E-state index >= 15 is 0 Å². The number of carboxylic acids is 1. The van der Waals surface area contributed by atoms with Gasteiger partial charge in [-0.3, -0.25) is 9.59 Å². The number of hydrogen-bond acceptors (Lipinski definition) is 4. The largest absolute Gasteiger partial charge is 0.481 e. The molecule has 1 aliphatic rings. The fraction of sp³-hybridized carbons (Fsp3) is 0.615. The third-order valence-electron chi connectivity index (χ3n) is 3.79. The van der Waals surface area contributed by atoms with Crippen LogP contribution in [0.3, 0.4) is 0 Å². The summed E-state index contributed by atoms with van der Waals surface area (Å²) in [5, 5.41) is 12.4. The lowest BCUT2D eigenvalue weighted by Gasteiger charge is -2.37. The fourth-order valence-electron chi connectivity index (χ4n) is 2.70. The van der Waals surface area contributed by atoms with E-state index in [1.165, 1.54) is 6.20 Å². The van der Waals surface area contributed by atoms with Crippen LogP contribution in [-0.2, 0) is 4.79 Å². The van der Waals surface area contributed by atoms with Gasteiger partial charge in [0, 0.05) is 25.6 Å². The van der Waals surface area contributed by atoms with E-state index in [2.05, 4.69) is 5.16 Å². The monoisotopic (exact) mass is 266 g/mol. The van der Waals surface area contributed by atoms with Gasteiger partial charge < -0.3 is 14.5 Å². The Balaban J connectivity index is 2.00. The van der Waals surface area contributed by atoms with Gasteiger partial charge in [-0.1, -0.05) is 18.5 Å². The number of likely N-dealkylation sites (tertiary alicyclic amines) is 1. The second-order valence-electron chi connectivity index (χ2n) is 4.94. The van der Waals surface area contributed by atoms with Gasteiger partial charge in [0.1, 0.15) is 0 Å². The summed E-state index contributed by atoms with van der Waals surface area (Å²) in [6.07, 6.45) is 3.23. The van der Waals surface area contributed by atoms with E-state index in [4.69, 9.17) is 9.63 Å². The molecule has 104 valence electrons. The summed E-state index contributed by atoms with van der Waals surface area (Å²) in [6, 6.07) is 1.55. The minimum absolute atomic E-state index is 0.154. The highest BCUT2D eigenvalue weighted by Gasteiger charge is 2.32. The van der Waals surface area contributed by atoms with Gasteiger partial charge >= 0.3 is 5.97 Å². The van der Waals surface area contributed by atoms with Gasteiger partial charge in [0.2, 0.25) is 5.76 Å². The van der Waals surface area contributed by atoms with Crippen molar-refractivity contribution in [3.8, 4) is 0 Å². The highest BCUT2D eigenvalue weighted by Crippen LogP contribution is 2.29. The Labute approximate surface area is 111 Å². The molecule has 0 unspecified atom stereocenters. The Bertz CT molecular complexity index is 444. The van der Waals surface area contributed by atoms with Gasteiger partial charge in [0.05, 0.1) is 6.20 Å². The molecule has 19 heavy (non-hydrogen) atoms. The van der Waals surface area contributed by atoms with E-state index in [0.717, 1.165) is 12.8 Å². The number of piperidine rings is 1. The summed E-state index contributed by atoms with van der Waals surface area (Å²) < 4.78 is 4.87. The first-order chi connectivity index (χ1) is 9.11. The molecular weight excluding hydrogens is 248 g/mol. The predicted octanol–water partition coefficient (Wildman–Crippen LogP) is 1.64. The highest BCUT2D eigenvalue weighted by atomic mass is 16.5. The van der Waals surface area contributed by atoms with Crippen molar-refractivity contribution in [1.29, 1.82) is 0 Å². The smallest absolute Gasteiger partial charge is 0.303 e. The minimum atomic E-state index is -0.765. The van der Waals surface area contributed by atoms with E-state index in [-0.39, 0.29) is 29.9 Å². The lowest BCUT2D eigenvalue weighted by Crippen LogP contribution is -2.44. The molecule has 1 saturated heterocycles. The Morgan fingerprint density at radius 2 is 2.32 bits per heavy atom. The van der Waals surface area contributed by atoms with Crippen molar-refractivity contribution in [3.05, 3.63) is 18.0 Å². The standard InChI is InChI=1S/C13H18N2O4/c1-2-9-8-15(6-4-10(9)7-12(16)17)13(18)11-3-5-14-19-11/h3,5,9-10H,2,4,6-8H2,1H3,(H,16,17)/t9-,10+/m1/s1. The molecule has 1 amide bonds. The third-order valence-corrected chi connectivity index (χ3v) is 3.79. The Kier molecular flexibility index (Phi) is 4.19. The number of hydrogen-bond donors (Lipinski definition) is 1. The molecule has 2 atom stereocenters. The van der Waals surface area contributed by atoms with Crippen molar-refractivity contribution in [3.63, 3.8) is 0 Å². The molecule has 2 rings (SSSR count). The number of carboxylic acid groups (broad SMARTS) is 1. The van der Waals surface area contributed by atoms with Crippen LogP contribution < -0.4 is 0 Å². The molecule has 0 aliphatic carbocycles. The zero-order chi connectivity index (χ0) is 13.8. The number of aliphatic carboxylic acids is 1. The zero-order valence-corrected chi connectivity index (χ0v) is 10.9. The Hall–Kier alpha value is -1.85. The van der Waals surface area contributed by atoms with Crippen molar-refractivity contribution in [2.75, 3.05) is 13.1 Å². The van der Waals surface area contributed by atoms with Crippen LogP contribution in [-0.4, -0.2) is 40.1 Å². The molecule has 6 heteroatoms. The molecule has 2 heterocycles. The van der Waals surface area contributed by atoms with Crippen LogP contribution in [0.5, 0.6) is 0 Å². The van der Waals surface area contributed by atoms with Gasteiger partial charge in [-0.2, -0.15) is 0 Å². The van der Waals surface area contributed by atoms with Crippen LogP contribution >= 0.6 is 0 Å². The Morgan fingerprint density at radius 3 is 2.89 bits per heavy atom. The summed E-state index contributed by atoms with van der Waals surface area (Å²) in [4.78, 5) is 24.7. The van der Waals surface area contributed by atoms with Crippen LogP contribution in [0.25, 0.3) is 0 Å². The van der Waals surface area contributed by atoms with E-state index in [1.54, 1.807) is 11.0 Å². The van der Waals surface area contributed by atoms with Crippen LogP contribution in [0.15, 0.2) is 16.8 Å². The molecule has 0 saturated carbocycles. The minimum Gasteiger partial charge on any atom is -0.481 e. The first-order valence-corrected chi connectivity index (χ1v) is 6.53. The van der Waals surface area contributed by atoms with Crippen LogP contribution in [0.4, 0.5) is 0 Å². The summed E-state index contributed by atoms with van der Waals surface area (Å²) in [5.74, 6) is -0.298. The number of nitrogens with zero attached hydrogens (tertiary/aromatic N) is 2. The van der Waals surface area contributed by atoms with Gasteiger partial charge in [-0.05, 0) is 18.3 Å². The topological polar surface area (TPSA) is 83.6 Å². The van der Waals surface area contributed by atoms with Crippen LogP contribution in [0, 0.1) is 11.8 Å². The zero-order valence-electron chi connectivity index (χ0n) is 10.9. The number of rotatable bonds is 4. The van der Waals surface area contributed by atoms with Crippen LogP contribution in [0.1, 0.15) is 36.7 Å². The normalized spacial score (nSPS) is 23.3. The molecule has 1 aromatic heterocycles. The van der Waals surface area contributed by atoms with Gasteiger partial charge in [-0.25, -0.2) is 0 Å². The molecule has 1 aromatic rings. The van der Waals surface area contributed by atoms with Gasteiger partial charge in [-0.15, -0.1) is 0 Å². The van der Waals surface area contributed by atoms with Gasteiger partial charge in [0.15, 0.2) is 0 Å². The number of aromatic nitrogens is 1. The van der Waals surface area contributed by atoms with Gasteiger partial charge in [0.25, 0.3) is 5.91 Å². The molecular formula is C13H18N2O4. The maximum absolute atomic E-state index is 12.1.